The van der Waals surface area contributed by atoms with Crippen LogP contribution in [0.1, 0.15) is 13.2 Å². The summed E-state index contributed by atoms with van der Waals surface area (Å²) in [7, 11) is 0. The first kappa shape index (κ1) is 17.0. The number of ether oxygens (including phenoxy) is 2. The Morgan fingerprint density at radius 1 is 1.56 bits per heavy atom. The summed E-state index contributed by atoms with van der Waals surface area (Å²) in [5.74, 6) is -1.01. The highest BCUT2D eigenvalue weighted by atomic mass is 35.5. The first-order valence-corrected chi connectivity index (χ1v) is 7.59. The monoisotopic (exact) mass is 368 g/mol. The molecule has 3 atom stereocenters. The Morgan fingerprint density at radius 3 is 3.00 bits per heavy atom. The first-order chi connectivity index (χ1) is 11.9. The smallest absolute Gasteiger partial charge is 0.384 e. The normalized spacial score (nSPS) is 20.7. The molecule has 12 heteroatoms. The number of nitrogens with zero attached hydrogens (tertiary/aromatic N) is 5. The molecule has 0 amide bonds. The largest absolute Gasteiger partial charge is 0.461 e. The van der Waals surface area contributed by atoms with Gasteiger partial charge in [-0.25, -0.2) is 9.78 Å². The molecule has 0 bridgehead atoms. The summed E-state index contributed by atoms with van der Waals surface area (Å²) in [5, 5.41) is 11.3. The van der Waals surface area contributed by atoms with Crippen LogP contribution in [0.2, 0.25) is 5.15 Å². The van der Waals surface area contributed by atoms with Crippen molar-refractivity contribution in [3.8, 4) is 0 Å². The molecule has 25 heavy (non-hydrogen) atoms. The average Bonchev–Trinajstić information content (AvgIpc) is 3.14. The third-order valence-electron chi connectivity index (χ3n) is 3.50. The first-order valence-electron chi connectivity index (χ1n) is 7.21. The molecule has 0 radical (unpaired) electrons. The molecule has 2 aromatic heterocycles. The van der Waals surface area contributed by atoms with E-state index in [1.165, 1.54) is 17.0 Å². The molecule has 11 nitrogen and oxygen atoms in total. The number of aromatic nitrogens is 4. The number of nitro groups is 1. The number of nitrogens with two attached hydrogens (primary N) is 1. The van der Waals surface area contributed by atoms with E-state index in [9.17, 15) is 14.9 Å². The van der Waals surface area contributed by atoms with E-state index >= 15 is 0 Å². The quantitative estimate of drug-likeness (QED) is 0.265. The van der Waals surface area contributed by atoms with Crippen LogP contribution >= 0.6 is 11.6 Å². The number of esters is 1. The second kappa shape index (κ2) is 6.61. The highest BCUT2D eigenvalue weighted by Gasteiger charge is 2.43. The summed E-state index contributed by atoms with van der Waals surface area (Å²) < 4.78 is 11.8. The highest BCUT2D eigenvalue weighted by molar-refractivity contribution is 6.33. The number of carbonyl (C=O) groups excluding carboxylic acids is 1. The summed E-state index contributed by atoms with van der Waals surface area (Å²) in [5.41, 5.74) is 6.20. The van der Waals surface area contributed by atoms with Crippen molar-refractivity contribution in [1.29, 1.82) is 0 Å². The molecule has 132 valence electrons. The van der Waals surface area contributed by atoms with Gasteiger partial charge in [0.05, 0.1) is 12.9 Å². The number of hydrogen-bond donors (Lipinski definition) is 1. The van der Waals surface area contributed by atoms with Gasteiger partial charge < -0.3 is 15.2 Å². The van der Waals surface area contributed by atoms with Gasteiger partial charge in [-0.3, -0.25) is 14.7 Å². The summed E-state index contributed by atoms with van der Waals surface area (Å²) in [6, 6.07) is -1.67. The van der Waals surface area contributed by atoms with Crippen LogP contribution in [0, 0.1) is 10.1 Å². The maximum absolute atomic E-state index is 11.8. The van der Waals surface area contributed by atoms with Gasteiger partial charge in [-0.1, -0.05) is 11.6 Å². The van der Waals surface area contributed by atoms with E-state index < -0.39 is 29.3 Å². The lowest BCUT2D eigenvalue weighted by atomic mass is 10.2. The van der Waals surface area contributed by atoms with Gasteiger partial charge in [0.25, 0.3) is 0 Å². The van der Waals surface area contributed by atoms with Crippen LogP contribution in [-0.4, -0.2) is 49.2 Å². The molecule has 0 aromatic carbocycles. The molecule has 0 spiro atoms. The summed E-state index contributed by atoms with van der Waals surface area (Å²) in [4.78, 5) is 34.2. The third kappa shape index (κ3) is 3.10. The number of hydrogen-bond acceptors (Lipinski definition) is 9. The third-order valence-corrected chi connectivity index (χ3v) is 3.76. The maximum Gasteiger partial charge on any atom is 0.384 e. The van der Waals surface area contributed by atoms with E-state index in [0.717, 1.165) is 0 Å². The topological polar surface area (TPSA) is 148 Å². The van der Waals surface area contributed by atoms with Crippen molar-refractivity contribution in [3.63, 3.8) is 0 Å². The van der Waals surface area contributed by atoms with E-state index in [-0.39, 0.29) is 17.7 Å². The lowest BCUT2D eigenvalue weighted by molar-refractivity contribution is -0.520. The van der Waals surface area contributed by atoms with Crippen LogP contribution in [0.3, 0.4) is 0 Å². The van der Waals surface area contributed by atoms with Crippen LogP contribution in [0.25, 0.3) is 11.2 Å². The van der Waals surface area contributed by atoms with Crippen molar-refractivity contribution in [2.75, 3.05) is 12.3 Å². The standard InChI is InChI=1S/C13H13ClN6O5/c1-2-24-12(21)9(20(22)23)6-3-4-7(25-6)19-5-16-8-10(14)17-13(15)18-11(8)19/h3-7,9H,2H2,1H3,(H2,15,17,18)/t6-,7+,9?/m0/s1. The van der Waals surface area contributed by atoms with E-state index in [1.807, 2.05) is 0 Å². The van der Waals surface area contributed by atoms with Crippen LogP contribution in [0.5, 0.6) is 0 Å². The van der Waals surface area contributed by atoms with Crippen molar-refractivity contribution in [1.82, 2.24) is 19.5 Å². The van der Waals surface area contributed by atoms with E-state index in [2.05, 4.69) is 15.0 Å². The highest BCUT2D eigenvalue weighted by Crippen LogP contribution is 2.29. The minimum Gasteiger partial charge on any atom is -0.461 e. The minimum atomic E-state index is -1.67. The van der Waals surface area contributed by atoms with Gasteiger partial charge in [0, 0.05) is 4.92 Å². The Hall–Kier alpha value is -2.79. The van der Waals surface area contributed by atoms with Crippen LogP contribution in [-0.2, 0) is 14.3 Å². The predicted octanol–water partition coefficient (Wildman–Crippen LogP) is 0.724. The van der Waals surface area contributed by atoms with Crippen molar-refractivity contribution in [2.24, 2.45) is 0 Å². The maximum atomic E-state index is 11.8. The van der Waals surface area contributed by atoms with Crippen molar-refractivity contribution < 1.29 is 19.2 Å². The Bertz CT molecular complexity index is 868. The number of halogens is 1. The Balaban J connectivity index is 1.87. The molecule has 0 saturated heterocycles. The average molecular weight is 369 g/mol. The number of imidazole rings is 1. The molecule has 1 unspecified atom stereocenters. The minimum absolute atomic E-state index is 0.0316. The van der Waals surface area contributed by atoms with E-state index in [4.69, 9.17) is 26.8 Å². The molecular weight excluding hydrogens is 356 g/mol. The predicted molar refractivity (Wildman–Crippen MR) is 85.2 cm³/mol. The zero-order valence-electron chi connectivity index (χ0n) is 12.9. The SMILES string of the molecule is CCOC(=O)C([C@@H]1C=C[C@H](n2cnc3c(Cl)nc(N)nc32)O1)[N+](=O)[O-]. The lowest BCUT2D eigenvalue weighted by Gasteiger charge is -2.17. The van der Waals surface area contributed by atoms with Gasteiger partial charge in [0.1, 0.15) is 5.52 Å². The summed E-state index contributed by atoms with van der Waals surface area (Å²) in [6.45, 7) is 1.60. The van der Waals surface area contributed by atoms with Crippen LogP contribution < -0.4 is 5.73 Å². The van der Waals surface area contributed by atoms with Crippen molar-refractivity contribution in [2.45, 2.75) is 25.3 Å². The van der Waals surface area contributed by atoms with Gasteiger partial charge in [0.15, 0.2) is 23.1 Å². The zero-order chi connectivity index (χ0) is 18.1. The molecule has 0 fully saturated rings. The molecule has 1 aliphatic heterocycles. The second-order valence-corrected chi connectivity index (χ2v) is 5.41. The molecule has 2 aromatic rings. The van der Waals surface area contributed by atoms with Gasteiger partial charge >= 0.3 is 12.0 Å². The summed E-state index contributed by atoms with van der Waals surface area (Å²) in [6.07, 6.45) is 2.51. The Morgan fingerprint density at radius 2 is 2.32 bits per heavy atom. The van der Waals surface area contributed by atoms with Gasteiger partial charge in [-0.05, 0) is 19.1 Å². The number of rotatable bonds is 5. The fraction of sp³-hybridized carbons (Fsp3) is 0.385. The molecule has 0 aliphatic carbocycles. The molecular formula is C13H13ClN6O5. The van der Waals surface area contributed by atoms with Crippen LogP contribution in [0.15, 0.2) is 18.5 Å². The lowest BCUT2D eigenvalue weighted by Crippen LogP contribution is -2.41. The zero-order valence-corrected chi connectivity index (χ0v) is 13.7. The molecule has 2 N–H and O–H groups in total. The number of nitrogen functional groups attached to an aromatic ring is 1. The van der Waals surface area contributed by atoms with Crippen LogP contribution in [0.4, 0.5) is 5.95 Å². The number of carbonyl (C=O) groups is 1. The molecule has 3 rings (SSSR count). The Labute approximate surface area is 145 Å². The molecule has 0 saturated carbocycles. The fourth-order valence-corrected chi connectivity index (χ4v) is 2.67. The number of anilines is 1. The van der Waals surface area contributed by atoms with Gasteiger partial charge in [0.2, 0.25) is 5.95 Å². The number of fused-ring (bicyclic) bond motifs is 1. The van der Waals surface area contributed by atoms with E-state index in [1.54, 1.807) is 13.0 Å². The fourth-order valence-electron chi connectivity index (χ4n) is 2.45. The Kier molecular flexibility index (Phi) is 4.51. The van der Waals surface area contributed by atoms with Crippen molar-refractivity contribution >= 4 is 34.7 Å². The second-order valence-electron chi connectivity index (χ2n) is 5.06. The molecule has 1 aliphatic rings. The molecule has 3 heterocycles. The van der Waals surface area contributed by atoms with Gasteiger partial charge in [-0.15, -0.1) is 0 Å². The van der Waals surface area contributed by atoms with Gasteiger partial charge in [-0.2, -0.15) is 9.97 Å². The van der Waals surface area contributed by atoms with E-state index in [0.29, 0.717) is 11.2 Å². The van der Waals surface area contributed by atoms with Crippen molar-refractivity contribution in [3.05, 3.63) is 33.7 Å². The summed E-state index contributed by atoms with van der Waals surface area (Å²) >= 11 is 5.96.